The zero-order valence-electron chi connectivity index (χ0n) is 16.4. The van der Waals surface area contributed by atoms with Crippen LogP contribution < -0.4 is 4.74 Å². The summed E-state index contributed by atoms with van der Waals surface area (Å²) in [5.74, 6) is 1.34. The van der Waals surface area contributed by atoms with Gasteiger partial charge in [0.05, 0.1) is 18.5 Å². The Kier molecular flexibility index (Phi) is 5.57. The van der Waals surface area contributed by atoms with Crippen LogP contribution in [0.15, 0.2) is 36.7 Å². The molecule has 0 radical (unpaired) electrons. The molecule has 4 rings (SSSR count). The quantitative estimate of drug-likeness (QED) is 0.535. The molecule has 1 saturated carbocycles. The van der Waals surface area contributed by atoms with Crippen molar-refractivity contribution >= 4 is 5.65 Å². The lowest BCUT2D eigenvalue weighted by atomic mass is 9.84. The summed E-state index contributed by atoms with van der Waals surface area (Å²) in [4.78, 5) is 4.57. The minimum Gasteiger partial charge on any atom is -0.494 e. The average Bonchev–Trinajstić information content (AvgIpc) is 3.17. The number of hydrogen-bond acceptors (Lipinski definition) is 4. The summed E-state index contributed by atoms with van der Waals surface area (Å²) in [5, 5.41) is 13.9. The molecule has 0 N–H and O–H groups in total. The van der Waals surface area contributed by atoms with Crippen LogP contribution in [-0.4, -0.2) is 21.2 Å². The fourth-order valence-electron chi connectivity index (χ4n) is 4.08. The minimum atomic E-state index is 0.446. The van der Waals surface area contributed by atoms with Gasteiger partial charge in [0.1, 0.15) is 17.4 Å². The lowest BCUT2D eigenvalue weighted by Gasteiger charge is -2.25. The SMILES string of the molecule is CCCCOc1ccc(-c2cnc3c(C#N)cnn3c2C2CCCCC2)cc1. The normalized spacial score (nSPS) is 14.9. The smallest absolute Gasteiger partial charge is 0.173 e. The average molecular weight is 374 g/mol. The number of unbranched alkanes of at least 4 members (excludes halogenated alkanes) is 1. The Bertz CT molecular complexity index is 978. The molecule has 28 heavy (non-hydrogen) atoms. The summed E-state index contributed by atoms with van der Waals surface area (Å²) in [6.07, 6.45) is 11.8. The summed E-state index contributed by atoms with van der Waals surface area (Å²) in [6, 6.07) is 10.5. The van der Waals surface area contributed by atoms with Gasteiger partial charge in [-0.1, -0.05) is 44.7 Å². The van der Waals surface area contributed by atoms with Gasteiger partial charge in [-0.3, -0.25) is 0 Å². The van der Waals surface area contributed by atoms with Gasteiger partial charge in [-0.15, -0.1) is 0 Å². The number of aromatic nitrogens is 3. The molecule has 1 aromatic carbocycles. The van der Waals surface area contributed by atoms with Crippen molar-refractivity contribution in [1.29, 1.82) is 5.26 Å². The van der Waals surface area contributed by atoms with E-state index in [9.17, 15) is 5.26 Å². The standard InChI is InChI=1S/C23H26N4O/c1-2-3-13-28-20-11-9-17(10-12-20)21-16-25-23-19(14-24)15-26-27(23)22(21)18-7-5-4-6-8-18/h9-12,15-16,18H,2-8,13H2,1H3. The third-order valence-electron chi connectivity index (χ3n) is 5.61. The molecule has 0 bridgehead atoms. The van der Waals surface area contributed by atoms with Crippen LogP contribution in [-0.2, 0) is 0 Å². The summed E-state index contributed by atoms with van der Waals surface area (Å²) in [6.45, 7) is 2.91. The second kappa shape index (κ2) is 8.43. The van der Waals surface area contributed by atoms with Crippen molar-refractivity contribution in [2.75, 3.05) is 6.61 Å². The molecule has 1 fully saturated rings. The van der Waals surface area contributed by atoms with Crippen molar-refractivity contribution < 1.29 is 4.74 Å². The molecule has 0 atom stereocenters. The summed E-state index contributed by atoms with van der Waals surface area (Å²) in [7, 11) is 0. The van der Waals surface area contributed by atoms with E-state index in [0.717, 1.165) is 49.2 Å². The molecule has 1 aliphatic carbocycles. The lowest BCUT2D eigenvalue weighted by molar-refractivity contribution is 0.309. The van der Waals surface area contributed by atoms with E-state index in [2.05, 4.69) is 35.2 Å². The van der Waals surface area contributed by atoms with Crippen LogP contribution in [0.4, 0.5) is 0 Å². The van der Waals surface area contributed by atoms with E-state index in [1.807, 2.05) is 22.8 Å². The Hall–Kier alpha value is -2.87. The number of benzene rings is 1. The first kappa shape index (κ1) is 18.5. The Morgan fingerprint density at radius 3 is 2.64 bits per heavy atom. The summed E-state index contributed by atoms with van der Waals surface area (Å²) in [5.41, 5.74) is 4.60. The molecular weight excluding hydrogens is 348 g/mol. The molecule has 0 spiro atoms. The minimum absolute atomic E-state index is 0.446. The zero-order chi connectivity index (χ0) is 19.3. The van der Waals surface area contributed by atoms with Crippen LogP contribution in [0, 0.1) is 11.3 Å². The number of ether oxygens (including phenoxy) is 1. The fourth-order valence-corrected chi connectivity index (χ4v) is 4.08. The van der Waals surface area contributed by atoms with E-state index >= 15 is 0 Å². The third kappa shape index (κ3) is 3.60. The molecule has 0 unspecified atom stereocenters. The first-order valence-electron chi connectivity index (χ1n) is 10.3. The topological polar surface area (TPSA) is 63.2 Å². The number of rotatable bonds is 6. The predicted octanol–water partition coefficient (Wildman–Crippen LogP) is 5.49. The maximum absolute atomic E-state index is 9.37. The van der Waals surface area contributed by atoms with Crippen molar-refractivity contribution in [2.45, 2.75) is 57.8 Å². The Morgan fingerprint density at radius 2 is 1.93 bits per heavy atom. The van der Waals surface area contributed by atoms with E-state index < -0.39 is 0 Å². The van der Waals surface area contributed by atoms with Crippen molar-refractivity contribution in [1.82, 2.24) is 14.6 Å². The molecule has 144 valence electrons. The molecule has 0 saturated heterocycles. The Labute approximate surface area is 166 Å². The second-order valence-electron chi connectivity index (χ2n) is 7.52. The molecular formula is C23H26N4O. The predicted molar refractivity (Wildman–Crippen MR) is 109 cm³/mol. The first-order chi connectivity index (χ1) is 13.8. The number of nitrogens with zero attached hydrogens (tertiary/aromatic N) is 4. The number of hydrogen-bond donors (Lipinski definition) is 0. The summed E-state index contributed by atoms with van der Waals surface area (Å²) < 4.78 is 7.70. The molecule has 5 nitrogen and oxygen atoms in total. The van der Waals surface area contributed by atoms with Crippen LogP contribution in [0.2, 0.25) is 0 Å². The van der Waals surface area contributed by atoms with Gasteiger partial charge in [-0.25, -0.2) is 9.50 Å². The highest BCUT2D eigenvalue weighted by atomic mass is 16.5. The van der Waals surface area contributed by atoms with E-state index in [-0.39, 0.29) is 0 Å². The molecule has 5 heteroatoms. The van der Waals surface area contributed by atoms with E-state index in [1.165, 1.54) is 25.0 Å². The van der Waals surface area contributed by atoms with Crippen LogP contribution in [0.3, 0.4) is 0 Å². The highest BCUT2D eigenvalue weighted by Crippen LogP contribution is 2.38. The fraction of sp³-hybridized carbons (Fsp3) is 0.435. The maximum atomic E-state index is 9.37. The van der Waals surface area contributed by atoms with Gasteiger partial charge in [0, 0.05) is 17.7 Å². The van der Waals surface area contributed by atoms with Gasteiger partial charge in [-0.2, -0.15) is 10.4 Å². The van der Waals surface area contributed by atoms with Gasteiger partial charge < -0.3 is 4.74 Å². The van der Waals surface area contributed by atoms with Crippen molar-refractivity contribution in [3.05, 3.63) is 47.9 Å². The van der Waals surface area contributed by atoms with Crippen molar-refractivity contribution in [3.8, 4) is 22.9 Å². The second-order valence-corrected chi connectivity index (χ2v) is 7.52. The molecule has 2 aromatic heterocycles. The van der Waals surface area contributed by atoms with E-state index in [0.29, 0.717) is 17.1 Å². The van der Waals surface area contributed by atoms with Gasteiger partial charge in [0.2, 0.25) is 0 Å². The van der Waals surface area contributed by atoms with Crippen LogP contribution in [0.1, 0.15) is 69.0 Å². The molecule has 0 amide bonds. The van der Waals surface area contributed by atoms with Crippen LogP contribution in [0.5, 0.6) is 5.75 Å². The summed E-state index contributed by atoms with van der Waals surface area (Å²) >= 11 is 0. The monoisotopic (exact) mass is 374 g/mol. The van der Waals surface area contributed by atoms with Gasteiger partial charge >= 0.3 is 0 Å². The van der Waals surface area contributed by atoms with Gasteiger partial charge in [-0.05, 0) is 37.0 Å². The highest BCUT2D eigenvalue weighted by Gasteiger charge is 2.24. The van der Waals surface area contributed by atoms with E-state index in [4.69, 9.17) is 4.74 Å². The molecule has 2 heterocycles. The van der Waals surface area contributed by atoms with Gasteiger partial charge in [0.15, 0.2) is 5.65 Å². The van der Waals surface area contributed by atoms with Crippen LogP contribution in [0.25, 0.3) is 16.8 Å². The first-order valence-corrected chi connectivity index (χ1v) is 10.3. The maximum Gasteiger partial charge on any atom is 0.173 e. The molecule has 0 aliphatic heterocycles. The van der Waals surface area contributed by atoms with Crippen molar-refractivity contribution in [3.63, 3.8) is 0 Å². The zero-order valence-corrected chi connectivity index (χ0v) is 16.4. The molecule has 3 aromatic rings. The third-order valence-corrected chi connectivity index (χ3v) is 5.61. The lowest BCUT2D eigenvalue weighted by Crippen LogP contribution is -2.12. The Morgan fingerprint density at radius 1 is 1.14 bits per heavy atom. The number of fused-ring (bicyclic) bond motifs is 1. The van der Waals surface area contributed by atoms with E-state index in [1.54, 1.807) is 6.20 Å². The Balaban J connectivity index is 1.74. The largest absolute Gasteiger partial charge is 0.494 e. The van der Waals surface area contributed by atoms with Crippen LogP contribution >= 0.6 is 0 Å². The van der Waals surface area contributed by atoms with Gasteiger partial charge in [0.25, 0.3) is 0 Å². The number of nitriles is 1. The molecule has 1 aliphatic rings. The van der Waals surface area contributed by atoms with Crippen molar-refractivity contribution in [2.24, 2.45) is 0 Å². The highest BCUT2D eigenvalue weighted by molar-refractivity contribution is 5.69.